The van der Waals surface area contributed by atoms with E-state index in [1.165, 1.54) is 0 Å². The van der Waals surface area contributed by atoms with Gasteiger partial charge in [0.15, 0.2) is 0 Å². The Kier molecular flexibility index (Phi) is 4.10. The first-order valence-corrected chi connectivity index (χ1v) is 7.59. The molecule has 4 nitrogen and oxygen atoms in total. The Bertz CT molecular complexity index is 790. The van der Waals surface area contributed by atoms with Crippen LogP contribution in [0.4, 0.5) is 0 Å². The Balaban J connectivity index is 1.61. The van der Waals surface area contributed by atoms with Crippen LogP contribution < -0.4 is 10.4 Å². The van der Waals surface area contributed by atoms with E-state index in [0.717, 1.165) is 27.7 Å². The summed E-state index contributed by atoms with van der Waals surface area (Å²) < 4.78 is 8.44. The van der Waals surface area contributed by atoms with Crippen LogP contribution in [0.15, 0.2) is 57.8 Å². The molecule has 0 aliphatic heterocycles. The highest BCUT2D eigenvalue weighted by Crippen LogP contribution is 2.16. The predicted molar refractivity (Wildman–Crippen MR) is 86.8 cm³/mol. The molecule has 0 unspecified atom stereocenters. The molecule has 1 heterocycles. The fraction of sp³-hybridized carbons (Fsp3) is 0.188. The molecule has 1 aromatic heterocycles. The monoisotopic (exact) mass is 346 g/mol. The zero-order chi connectivity index (χ0) is 14.7. The molecule has 3 aromatic rings. The maximum Gasteiger partial charge on any atom is 0.326 e. The van der Waals surface area contributed by atoms with Crippen molar-refractivity contribution in [3.63, 3.8) is 0 Å². The Hall–Kier alpha value is -2.01. The van der Waals surface area contributed by atoms with Gasteiger partial charge in [-0.1, -0.05) is 28.1 Å². The smallest absolute Gasteiger partial charge is 0.326 e. The molecule has 108 valence electrons. The van der Waals surface area contributed by atoms with Crippen LogP contribution in [-0.4, -0.2) is 16.2 Å². The molecule has 3 rings (SSSR count). The van der Waals surface area contributed by atoms with Crippen molar-refractivity contribution in [2.75, 3.05) is 6.61 Å². The van der Waals surface area contributed by atoms with Crippen molar-refractivity contribution in [3.05, 3.63) is 63.5 Å². The number of hydrogen-bond acceptors (Lipinski definition) is 2. The van der Waals surface area contributed by atoms with E-state index in [4.69, 9.17) is 4.74 Å². The molecular weight excluding hydrogens is 332 g/mol. The van der Waals surface area contributed by atoms with Crippen LogP contribution in [0.25, 0.3) is 11.0 Å². The second-order valence-corrected chi connectivity index (χ2v) is 5.67. The Labute approximate surface area is 130 Å². The van der Waals surface area contributed by atoms with Crippen molar-refractivity contribution < 1.29 is 4.74 Å². The molecule has 0 atom stereocenters. The van der Waals surface area contributed by atoms with E-state index in [-0.39, 0.29) is 5.69 Å². The quantitative estimate of drug-likeness (QED) is 0.718. The van der Waals surface area contributed by atoms with Gasteiger partial charge in [-0.05, 0) is 42.8 Å². The second kappa shape index (κ2) is 6.18. The molecular formula is C16H15BrN2O2. The maximum absolute atomic E-state index is 11.9. The SMILES string of the molecule is O=c1[nH]c2ccccc2n1CCCOc1ccc(Br)cc1. The Morgan fingerprint density at radius 1 is 1.10 bits per heavy atom. The first kappa shape index (κ1) is 13.9. The first-order chi connectivity index (χ1) is 10.2. The molecule has 0 fully saturated rings. The lowest BCUT2D eigenvalue weighted by molar-refractivity contribution is 0.302. The van der Waals surface area contributed by atoms with Crippen molar-refractivity contribution in [1.29, 1.82) is 0 Å². The summed E-state index contributed by atoms with van der Waals surface area (Å²) in [6.45, 7) is 1.22. The van der Waals surface area contributed by atoms with Crippen molar-refractivity contribution in [1.82, 2.24) is 9.55 Å². The number of aromatic amines is 1. The van der Waals surface area contributed by atoms with Gasteiger partial charge in [0, 0.05) is 11.0 Å². The molecule has 5 heteroatoms. The number of benzene rings is 2. The summed E-state index contributed by atoms with van der Waals surface area (Å²) in [6, 6.07) is 15.4. The van der Waals surface area contributed by atoms with Gasteiger partial charge in [0.2, 0.25) is 0 Å². The zero-order valence-electron chi connectivity index (χ0n) is 11.4. The normalized spacial score (nSPS) is 10.9. The average Bonchev–Trinajstić information content (AvgIpc) is 2.81. The molecule has 0 radical (unpaired) electrons. The van der Waals surface area contributed by atoms with Crippen LogP contribution in [0.5, 0.6) is 5.75 Å². The lowest BCUT2D eigenvalue weighted by Crippen LogP contribution is -2.18. The zero-order valence-corrected chi connectivity index (χ0v) is 13.0. The van der Waals surface area contributed by atoms with Crippen molar-refractivity contribution in [2.45, 2.75) is 13.0 Å². The molecule has 0 aliphatic rings. The highest BCUT2D eigenvalue weighted by Gasteiger charge is 2.05. The largest absolute Gasteiger partial charge is 0.494 e. The number of nitrogens with zero attached hydrogens (tertiary/aromatic N) is 1. The summed E-state index contributed by atoms with van der Waals surface area (Å²) in [7, 11) is 0. The van der Waals surface area contributed by atoms with Gasteiger partial charge in [-0.25, -0.2) is 4.79 Å². The van der Waals surface area contributed by atoms with Gasteiger partial charge in [-0.3, -0.25) is 4.57 Å². The molecule has 0 bridgehead atoms. The summed E-state index contributed by atoms with van der Waals surface area (Å²) in [6.07, 6.45) is 0.776. The Morgan fingerprint density at radius 3 is 2.67 bits per heavy atom. The van der Waals surface area contributed by atoms with Crippen LogP contribution in [0.3, 0.4) is 0 Å². The molecule has 0 amide bonds. The standard InChI is InChI=1S/C16H15BrN2O2/c17-12-6-8-13(9-7-12)21-11-3-10-19-15-5-2-1-4-14(15)18-16(19)20/h1-2,4-9H,3,10-11H2,(H,18,20). The molecule has 2 aromatic carbocycles. The third-order valence-electron chi connectivity index (χ3n) is 3.29. The van der Waals surface area contributed by atoms with E-state index in [1.807, 2.05) is 48.5 Å². The fourth-order valence-electron chi connectivity index (χ4n) is 2.27. The maximum atomic E-state index is 11.9. The van der Waals surface area contributed by atoms with Crippen LogP contribution in [0.2, 0.25) is 0 Å². The summed E-state index contributed by atoms with van der Waals surface area (Å²) in [5, 5.41) is 0. The minimum Gasteiger partial charge on any atom is -0.494 e. The third-order valence-corrected chi connectivity index (χ3v) is 3.82. The summed E-state index contributed by atoms with van der Waals surface area (Å²) in [5.41, 5.74) is 1.74. The number of aryl methyl sites for hydroxylation is 1. The van der Waals surface area contributed by atoms with Gasteiger partial charge < -0.3 is 9.72 Å². The lowest BCUT2D eigenvalue weighted by Gasteiger charge is -2.07. The number of para-hydroxylation sites is 2. The van der Waals surface area contributed by atoms with Crippen molar-refractivity contribution >= 4 is 27.0 Å². The minimum absolute atomic E-state index is 0.0696. The molecule has 0 aliphatic carbocycles. The number of rotatable bonds is 5. The number of nitrogens with one attached hydrogen (secondary N) is 1. The van der Waals surface area contributed by atoms with E-state index >= 15 is 0 Å². The van der Waals surface area contributed by atoms with Crippen LogP contribution >= 0.6 is 15.9 Å². The average molecular weight is 347 g/mol. The molecule has 0 spiro atoms. The van der Waals surface area contributed by atoms with Crippen LogP contribution in [0.1, 0.15) is 6.42 Å². The number of H-pyrrole nitrogens is 1. The van der Waals surface area contributed by atoms with E-state index in [9.17, 15) is 4.79 Å². The molecule has 0 saturated carbocycles. The number of fused-ring (bicyclic) bond motifs is 1. The number of hydrogen-bond donors (Lipinski definition) is 1. The number of halogens is 1. The number of imidazole rings is 1. The fourth-order valence-corrected chi connectivity index (χ4v) is 2.54. The molecule has 1 N–H and O–H groups in total. The van der Waals surface area contributed by atoms with Crippen LogP contribution in [0, 0.1) is 0 Å². The Morgan fingerprint density at radius 2 is 1.86 bits per heavy atom. The van der Waals surface area contributed by atoms with Crippen LogP contribution in [-0.2, 0) is 6.54 Å². The molecule has 21 heavy (non-hydrogen) atoms. The first-order valence-electron chi connectivity index (χ1n) is 6.80. The summed E-state index contributed by atoms with van der Waals surface area (Å²) in [5.74, 6) is 0.837. The number of aromatic nitrogens is 2. The van der Waals surface area contributed by atoms with Crippen molar-refractivity contribution in [2.24, 2.45) is 0 Å². The highest BCUT2D eigenvalue weighted by molar-refractivity contribution is 9.10. The van der Waals surface area contributed by atoms with Gasteiger partial charge in [-0.15, -0.1) is 0 Å². The predicted octanol–water partition coefficient (Wildman–Crippen LogP) is 3.56. The second-order valence-electron chi connectivity index (χ2n) is 4.75. The van der Waals surface area contributed by atoms with Gasteiger partial charge in [0.05, 0.1) is 17.6 Å². The van der Waals surface area contributed by atoms with E-state index in [1.54, 1.807) is 4.57 Å². The highest BCUT2D eigenvalue weighted by atomic mass is 79.9. The van der Waals surface area contributed by atoms with Gasteiger partial charge >= 0.3 is 5.69 Å². The summed E-state index contributed by atoms with van der Waals surface area (Å²) >= 11 is 3.39. The summed E-state index contributed by atoms with van der Waals surface area (Å²) in [4.78, 5) is 14.8. The molecule has 0 saturated heterocycles. The van der Waals surface area contributed by atoms with E-state index in [2.05, 4.69) is 20.9 Å². The van der Waals surface area contributed by atoms with Gasteiger partial charge in [0.1, 0.15) is 5.75 Å². The van der Waals surface area contributed by atoms with Crippen molar-refractivity contribution in [3.8, 4) is 5.75 Å². The third kappa shape index (κ3) is 3.19. The van der Waals surface area contributed by atoms with E-state index in [0.29, 0.717) is 13.2 Å². The number of ether oxygens (including phenoxy) is 1. The van der Waals surface area contributed by atoms with Gasteiger partial charge in [0.25, 0.3) is 0 Å². The minimum atomic E-state index is -0.0696. The van der Waals surface area contributed by atoms with Gasteiger partial charge in [-0.2, -0.15) is 0 Å². The van der Waals surface area contributed by atoms with E-state index < -0.39 is 0 Å². The topological polar surface area (TPSA) is 47.0 Å². The lowest BCUT2D eigenvalue weighted by atomic mass is 10.3.